The molecule has 1 N–H and O–H groups in total. The third-order valence-electron chi connectivity index (χ3n) is 4.88. The topological polar surface area (TPSA) is 94.8 Å². The first kappa shape index (κ1) is 23.1. The highest BCUT2D eigenvalue weighted by Gasteiger charge is 2.22. The maximum absolute atomic E-state index is 12.7. The van der Waals surface area contributed by atoms with Gasteiger partial charge in [-0.15, -0.1) is 0 Å². The number of carbonyl (C=O) groups excluding carboxylic acids is 1. The number of sulfone groups is 1. The van der Waals surface area contributed by atoms with Gasteiger partial charge < -0.3 is 19.2 Å². The maximum atomic E-state index is 12.7. The highest BCUT2D eigenvalue weighted by Crippen LogP contribution is 2.26. The van der Waals surface area contributed by atoms with E-state index in [0.717, 1.165) is 5.75 Å². The van der Waals surface area contributed by atoms with Crippen molar-refractivity contribution in [2.75, 3.05) is 11.9 Å². The summed E-state index contributed by atoms with van der Waals surface area (Å²) in [6.45, 7) is 2.51. The van der Waals surface area contributed by atoms with E-state index in [4.69, 9.17) is 13.9 Å². The van der Waals surface area contributed by atoms with Gasteiger partial charge in [0.25, 0.3) is 5.91 Å². The van der Waals surface area contributed by atoms with Gasteiger partial charge >= 0.3 is 0 Å². The molecule has 1 heterocycles. The van der Waals surface area contributed by atoms with Gasteiger partial charge in [-0.25, -0.2) is 8.42 Å². The van der Waals surface area contributed by atoms with Crippen molar-refractivity contribution in [3.63, 3.8) is 0 Å². The summed E-state index contributed by atoms with van der Waals surface area (Å²) in [5.74, 6) is 1.08. The molecule has 0 aliphatic rings. The van der Waals surface area contributed by atoms with Crippen molar-refractivity contribution in [3.05, 3.63) is 103 Å². The number of carbonyl (C=O) groups is 1. The second-order valence-electron chi connectivity index (χ2n) is 7.33. The third kappa shape index (κ3) is 5.65. The smallest absolute Gasteiger partial charge is 0.291 e. The molecule has 0 spiro atoms. The Morgan fingerprint density at radius 2 is 1.47 bits per heavy atom. The second-order valence-corrected chi connectivity index (χ2v) is 9.32. The van der Waals surface area contributed by atoms with E-state index in [1.165, 1.54) is 24.5 Å². The fourth-order valence-corrected chi connectivity index (χ4v) is 4.64. The van der Waals surface area contributed by atoms with E-state index < -0.39 is 15.7 Å². The fourth-order valence-electron chi connectivity index (χ4n) is 3.27. The minimum Gasteiger partial charge on any atom is -0.494 e. The molecule has 7 nitrogen and oxygen atoms in total. The van der Waals surface area contributed by atoms with Gasteiger partial charge in [0, 0.05) is 11.3 Å². The number of hydrogen-bond donors (Lipinski definition) is 1. The molecule has 0 saturated heterocycles. The third-order valence-corrected chi connectivity index (χ3v) is 6.56. The SMILES string of the molecule is CCOc1ccc(Oc2ccc(NC(=O)c3occc3CS(=O)(=O)c3ccccc3)cc2)cc1. The fraction of sp³-hybridized carbons (Fsp3) is 0.115. The van der Waals surface area contributed by atoms with Crippen molar-refractivity contribution < 1.29 is 27.1 Å². The molecule has 1 aromatic heterocycles. The number of ether oxygens (including phenoxy) is 2. The Morgan fingerprint density at radius 3 is 2.12 bits per heavy atom. The van der Waals surface area contributed by atoms with Gasteiger partial charge in [-0.2, -0.15) is 0 Å². The molecule has 0 atom stereocenters. The molecule has 1 amide bonds. The monoisotopic (exact) mass is 477 g/mol. The zero-order chi connectivity index (χ0) is 24.0. The van der Waals surface area contributed by atoms with Crippen LogP contribution >= 0.6 is 0 Å². The van der Waals surface area contributed by atoms with Gasteiger partial charge in [0.05, 0.1) is 23.5 Å². The number of furan rings is 1. The van der Waals surface area contributed by atoms with Crippen molar-refractivity contribution in [3.8, 4) is 17.2 Å². The number of hydrogen-bond acceptors (Lipinski definition) is 6. The van der Waals surface area contributed by atoms with Crippen LogP contribution < -0.4 is 14.8 Å². The molecule has 0 unspecified atom stereocenters. The predicted molar refractivity (Wildman–Crippen MR) is 128 cm³/mol. The van der Waals surface area contributed by atoms with Gasteiger partial charge in [0.15, 0.2) is 15.6 Å². The van der Waals surface area contributed by atoms with Gasteiger partial charge in [-0.3, -0.25) is 4.79 Å². The lowest BCUT2D eigenvalue weighted by Crippen LogP contribution is -2.14. The van der Waals surface area contributed by atoms with E-state index in [1.807, 2.05) is 31.2 Å². The molecular weight excluding hydrogens is 454 g/mol. The molecule has 4 rings (SSSR count). The van der Waals surface area contributed by atoms with E-state index in [-0.39, 0.29) is 22.0 Å². The molecule has 0 saturated carbocycles. The first-order valence-corrected chi connectivity index (χ1v) is 12.3. The van der Waals surface area contributed by atoms with Crippen molar-refractivity contribution in [2.24, 2.45) is 0 Å². The van der Waals surface area contributed by atoms with Crippen LogP contribution in [0.3, 0.4) is 0 Å². The molecule has 34 heavy (non-hydrogen) atoms. The minimum atomic E-state index is -3.62. The van der Waals surface area contributed by atoms with Crippen LogP contribution in [0.25, 0.3) is 0 Å². The summed E-state index contributed by atoms with van der Waals surface area (Å²) >= 11 is 0. The normalized spacial score (nSPS) is 11.1. The van der Waals surface area contributed by atoms with Crippen molar-refractivity contribution in [1.29, 1.82) is 0 Å². The lowest BCUT2D eigenvalue weighted by molar-refractivity contribution is 0.0995. The quantitative estimate of drug-likeness (QED) is 0.332. The molecule has 0 radical (unpaired) electrons. The first-order chi connectivity index (χ1) is 16.4. The summed E-state index contributed by atoms with van der Waals surface area (Å²) in [5.41, 5.74) is 0.800. The molecule has 3 aromatic carbocycles. The van der Waals surface area contributed by atoms with Crippen LogP contribution in [-0.4, -0.2) is 20.9 Å². The summed E-state index contributed by atoms with van der Waals surface area (Å²) in [6, 6.07) is 23.6. The zero-order valence-corrected chi connectivity index (χ0v) is 19.2. The molecule has 174 valence electrons. The number of anilines is 1. The summed E-state index contributed by atoms with van der Waals surface area (Å²) < 4.78 is 41.9. The average molecular weight is 478 g/mol. The first-order valence-electron chi connectivity index (χ1n) is 10.6. The van der Waals surface area contributed by atoms with Gasteiger partial charge in [0.1, 0.15) is 17.2 Å². The average Bonchev–Trinajstić information content (AvgIpc) is 3.30. The summed E-state index contributed by atoms with van der Waals surface area (Å²) in [4.78, 5) is 12.9. The van der Waals surface area contributed by atoms with E-state index in [0.29, 0.717) is 23.8 Å². The molecule has 0 fully saturated rings. The minimum absolute atomic E-state index is 0.0470. The molecule has 4 aromatic rings. The second kappa shape index (κ2) is 10.3. The van der Waals surface area contributed by atoms with Crippen LogP contribution in [-0.2, 0) is 15.6 Å². The van der Waals surface area contributed by atoms with E-state index >= 15 is 0 Å². The summed E-state index contributed by atoms with van der Waals surface area (Å²) in [5, 5.41) is 2.72. The van der Waals surface area contributed by atoms with Crippen LogP contribution in [0.15, 0.2) is 101 Å². The van der Waals surface area contributed by atoms with E-state index in [2.05, 4.69) is 5.32 Å². The number of nitrogens with one attached hydrogen (secondary N) is 1. The van der Waals surface area contributed by atoms with Crippen LogP contribution in [0.2, 0.25) is 0 Å². The summed E-state index contributed by atoms with van der Waals surface area (Å²) in [6.07, 6.45) is 1.30. The van der Waals surface area contributed by atoms with Crippen molar-refractivity contribution in [1.82, 2.24) is 0 Å². The van der Waals surface area contributed by atoms with Crippen molar-refractivity contribution >= 4 is 21.4 Å². The molecular formula is C26H23NO6S. The Hall–Kier alpha value is -4.04. The number of benzene rings is 3. The van der Waals surface area contributed by atoms with Gasteiger partial charge in [-0.05, 0) is 73.7 Å². The Labute approximate surface area is 197 Å². The van der Waals surface area contributed by atoms with Gasteiger partial charge in [-0.1, -0.05) is 18.2 Å². The molecule has 8 heteroatoms. The van der Waals surface area contributed by atoms with E-state index in [1.54, 1.807) is 42.5 Å². The molecule has 0 aliphatic carbocycles. The Morgan fingerprint density at radius 1 is 0.853 bits per heavy atom. The zero-order valence-electron chi connectivity index (χ0n) is 18.4. The van der Waals surface area contributed by atoms with Crippen molar-refractivity contribution in [2.45, 2.75) is 17.6 Å². The molecule has 0 bridgehead atoms. The van der Waals surface area contributed by atoms with E-state index in [9.17, 15) is 13.2 Å². The predicted octanol–water partition coefficient (Wildman–Crippen LogP) is 5.70. The highest BCUT2D eigenvalue weighted by molar-refractivity contribution is 7.90. The summed E-state index contributed by atoms with van der Waals surface area (Å²) in [7, 11) is -3.62. The molecule has 0 aliphatic heterocycles. The van der Waals surface area contributed by atoms with Crippen LogP contribution in [0, 0.1) is 0 Å². The highest BCUT2D eigenvalue weighted by atomic mass is 32.2. The number of rotatable bonds is 9. The lowest BCUT2D eigenvalue weighted by Gasteiger charge is -2.09. The lowest BCUT2D eigenvalue weighted by atomic mass is 10.2. The van der Waals surface area contributed by atoms with Crippen LogP contribution in [0.1, 0.15) is 23.0 Å². The maximum Gasteiger partial charge on any atom is 0.291 e. The Bertz CT molecular complexity index is 1340. The number of amides is 1. The van der Waals surface area contributed by atoms with Gasteiger partial charge in [0.2, 0.25) is 0 Å². The largest absolute Gasteiger partial charge is 0.494 e. The van der Waals surface area contributed by atoms with Crippen LogP contribution in [0.5, 0.6) is 17.2 Å². The Balaban J connectivity index is 1.40. The van der Waals surface area contributed by atoms with Crippen LogP contribution in [0.4, 0.5) is 5.69 Å². The Kier molecular flexibility index (Phi) is 6.98. The standard InChI is InChI=1S/C26H23NO6S/c1-2-31-21-12-14-23(15-13-21)33-22-10-8-20(9-11-22)27-26(28)25-19(16-17-32-25)18-34(29,30)24-6-4-3-5-7-24/h3-17H,2,18H2,1H3,(H,27,28).